The predicted octanol–water partition coefficient (Wildman–Crippen LogP) is 3.40. The van der Waals surface area contributed by atoms with Crippen molar-refractivity contribution < 1.29 is 23.4 Å². The molecule has 2 N–H and O–H groups in total. The van der Waals surface area contributed by atoms with Crippen LogP contribution in [-0.4, -0.2) is 10.2 Å². The van der Waals surface area contributed by atoms with Gasteiger partial charge in [0, 0.05) is 0 Å². The lowest BCUT2D eigenvalue weighted by atomic mass is 9.92. The van der Waals surface area contributed by atoms with Gasteiger partial charge in [-0.05, 0) is 47.5 Å². The zero-order chi connectivity index (χ0) is 12.7. The number of phenols is 1. The van der Waals surface area contributed by atoms with E-state index >= 15 is 0 Å². The fraction of sp³-hybridized carbons (Fsp3) is 0.400. The first-order chi connectivity index (χ1) is 7.03. The Morgan fingerprint density at radius 1 is 1.12 bits per heavy atom. The number of hydrogen-bond acceptors (Lipinski definition) is 2. The highest BCUT2D eigenvalue weighted by Crippen LogP contribution is 2.41. The first kappa shape index (κ1) is 13.3. The molecule has 16 heavy (non-hydrogen) atoms. The molecular formula is C10H10BrF3O2. The predicted molar refractivity (Wildman–Crippen MR) is 56.1 cm³/mol. The lowest BCUT2D eigenvalue weighted by Gasteiger charge is -2.23. The summed E-state index contributed by atoms with van der Waals surface area (Å²) in [6, 6.07) is 1.66. The summed E-state index contributed by atoms with van der Waals surface area (Å²) in [5.74, 6) is -0.514. The summed E-state index contributed by atoms with van der Waals surface area (Å²) in [7, 11) is 0. The van der Waals surface area contributed by atoms with E-state index in [1.807, 2.05) is 0 Å². The molecule has 90 valence electrons. The van der Waals surface area contributed by atoms with Crippen LogP contribution in [0, 0.1) is 0 Å². The van der Waals surface area contributed by atoms with Crippen molar-refractivity contribution in [3.63, 3.8) is 0 Å². The molecule has 0 amide bonds. The molecule has 0 atom stereocenters. The number of rotatable bonds is 1. The summed E-state index contributed by atoms with van der Waals surface area (Å²) in [6.45, 7) is 2.50. The maximum Gasteiger partial charge on any atom is 0.416 e. The van der Waals surface area contributed by atoms with E-state index < -0.39 is 23.1 Å². The zero-order valence-corrected chi connectivity index (χ0v) is 10.1. The third-order valence-electron chi connectivity index (χ3n) is 2.05. The van der Waals surface area contributed by atoms with Crippen LogP contribution in [-0.2, 0) is 11.8 Å². The van der Waals surface area contributed by atoms with E-state index in [2.05, 4.69) is 15.9 Å². The quantitative estimate of drug-likeness (QED) is 0.834. The first-order valence-electron chi connectivity index (χ1n) is 4.36. The van der Waals surface area contributed by atoms with Gasteiger partial charge < -0.3 is 10.2 Å². The van der Waals surface area contributed by atoms with Gasteiger partial charge in [0.25, 0.3) is 0 Å². The van der Waals surface area contributed by atoms with Crippen molar-refractivity contribution in [2.24, 2.45) is 0 Å². The van der Waals surface area contributed by atoms with Crippen LogP contribution in [0.4, 0.5) is 13.2 Å². The molecule has 6 heteroatoms. The van der Waals surface area contributed by atoms with Crippen molar-refractivity contribution in [1.82, 2.24) is 0 Å². The van der Waals surface area contributed by atoms with E-state index in [4.69, 9.17) is 0 Å². The minimum Gasteiger partial charge on any atom is -0.507 e. The number of alkyl halides is 3. The molecule has 1 aromatic rings. The van der Waals surface area contributed by atoms with Crippen LogP contribution in [0.1, 0.15) is 25.0 Å². The van der Waals surface area contributed by atoms with E-state index in [0.717, 1.165) is 6.07 Å². The molecule has 0 bridgehead atoms. The lowest BCUT2D eigenvalue weighted by molar-refractivity contribution is -0.140. The topological polar surface area (TPSA) is 40.5 Å². The Kier molecular flexibility index (Phi) is 3.27. The Morgan fingerprint density at radius 3 is 2.00 bits per heavy atom. The molecular weight excluding hydrogens is 289 g/mol. The normalized spacial score (nSPS) is 12.9. The molecule has 0 fully saturated rings. The number of phenolic OH excluding ortho intramolecular Hbond substituents is 1. The van der Waals surface area contributed by atoms with Gasteiger partial charge in [-0.3, -0.25) is 0 Å². The largest absolute Gasteiger partial charge is 0.507 e. The minimum atomic E-state index is -4.62. The summed E-state index contributed by atoms with van der Waals surface area (Å²) >= 11 is 2.91. The molecule has 0 aliphatic carbocycles. The van der Waals surface area contributed by atoms with Crippen LogP contribution >= 0.6 is 15.9 Å². The maximum atomic E-state index is 12.7. The second-order valence-electron chi connectivity index (χ2n) is 3.91. The van der Waals surface area contributed by atoms with Crippen LogP contribution in [0.15, 0.2) is 16.6 Å². The molecule has 0 aliphatic rings. The third-order valence-corrected chi connectivity index (χ3v) is 2.69. The van der Waals surface area contributed by atoms with Gasteiger partial charge in [-0.1, -0.05) is 0 Å². The first-order valence-corrected chi connectivity index (χ1v) is 5.15. The number of aliphatic hydroxyl groups is 1. The number of aromatic hydroxyl groups is 1. The minimum absolute atomic E-state index is 0.109. The fourth-order valence-corrected chi connectivity index (χ4v) is 1.65. The van der Waals surface area contributed by atoms with Crippen LogP contribution in [0.3, 0.4) is 0 Å². The van der Waals surface area contributed by atoms with Gasteiger partial charge >= 0.3 is 6.18 Å². The smallest absolute Gasteiger partial charge is 0.416 e. The number of halogens is 4. The van der Waals surface area contributed by atoms with Crippen molar-refractivity contribution >= 4 is 15.9 Å². The van der Waals surface area contributed by atoms with Crippen LogP contribution in [0.5, 0.6) is 5.75 Å². The fourth-order valence-electron chi connectivity index (χ4n) is 1.30. The highest BCUT2D eigenvalue weighted by molar-refractivity contribution is 9.10. The van der Waals surface area contributed by atoms with Gasteiger partial charge in [-0.2, -0.15) is 13.2 Å². The highest BCUT2D eigenvalue weighted by atomic mass is 79.9. The molecule has 2 nitrogen and oxygen atoms in total. The van der Waals surface area contributed by atoms with Crippen LogP contribution in [0.25, 0.3) is 0 Å². The van der Waals surface area contributed by atoms with Crippen molar-refractivity contribution in [1.29, 1.82) is 0 Å². The van der Waals surface area contributed by atoms with E-state index in [1.165, 1.54) is 13.8 Å². The molecule has 0 radical (unpaired) electrons. The molecule has 0 aliphatic heterocycles. The average molecular weight is 299 g/mol. The van der Waals surface area contributed by atoms with Crippen molar-refractivity contribution in [2.75, 3.05) is 0 Å². The molecule has 0 unspecified atom stereocenters. The monoisotopic (exact) mass is 298 g/mol. The Hall–Kier alpha value is -0.750. The third kappa shape index (κ3) is 2.68. The summed E-state index contributed by atoms with van der Waals surface area (Å²) in [6.07, 6.45) is -4.62. The van der Waals surface area contributed by atoms with Gasteiger partial charge in [0.2, 0.25) is 0 Å². The second-order valence-corrected chi connectivity index (χ2v) is 4.76. The molecule has 0 spiro atoms. The van der Waals surface area contributed by atoms with Crippen molar-refractivity contribution in [3.8, 4) is 5.75 Å². The van der Waals surface area contributed by atoms with Gasteiger partial charge in [0.15, 0.2) is 0 Å². The Morgan fingerprint density at radius 2 is 1.62 bits per heavy atom. The van der Waals surface area contributed by atoms with Crippen molar-refractivity contribution in [3.05, 3.63) is 27.7 Å². The van der Waals surface area contributed by atoms with E-state index in [1.54, 1.807) is 0 Å². The highest BCUT2D eigenvalue weighted by Gasteiger charge is 2.38. The van der Waals surface area contributed by atoms with E-state index in [-0.39, 0.29) is 10.0 Å². The van der Waals surface area contributed by atoms with Gasteiger partial charge in [-0.15, -0.1) is 0 Å². The molecule has 1 aromatic carbocycles. The van der Waals surface area contributed by atoms with E-state index in [0.29, 0.717) is 6.07 Å². The summed E-state index contributed by atoms with van der Waals surface area (Å²) < 4.78 is 38.1. The van der Waals surface area contributed by atoms with Crippen LogP contribution < -0.4 is 0 Å². The standard InChI is InChI=1S/C10H10BrF3O2/c1-9(2,16)5-3-7(11)8(15)4-6(5)10(12,13)14/h3-4,15-16H,1-2H3. The number of benzene rings is 1. The lowest BCUT2D eigenvalue weighted by Crippen LogP contribution is -2.22. The van der Waals surface area contributed by atoms with Gasteiger partial charge in [0.05, 0.1) is 15.6 Å². The molecule has 0 aromatic heterocycles. The van der Waals surface area contributed by atoms with Gasteiger partial charge in [-0.25, -0.2) is 0 Å². The summed E-state index contributed by atoms with van der Waals surface area (Å²) in [5, 5.41) is 18.9. The Balaban J connectivity index is 3.53. The summed E-state index contributed by atoms with van der Waals surface area (Å²) in [5.41, 5.74) is -2.97. The van der Waals surface area contributed by atoms with Crippen LogP contribution in [0.2, 0.25) is 0 Å². The van der Waals surface area contributed by atoms with E-state index in [9.17, 15) is 23.4 Å². The molecule has 1 rings (SSSR count). The summed E-state index contributed by atoms with van der Waals surface area (Å²) in [4.78, 5) is 0. The second kappa shape index (κ2) is 3.92. The Bertz CT molecular complexity index is 369. The average Bonchev–Trinajstić information content (AvgIpc) is 2.05. The Labute approximate surface area is 98.8 Å². The number of hydrogen-bond donors (Lipinski definition) is 2. The molecule has 0 heterocycles. The zero-order valence-electron chi connectivity index (χ0n) is 8.56. The van der Waals surface area contributed by atoms with Crippen molar-refractivity contribution in [2.45, 2.75) is 25.6 Å². The molecule has 0 saturated carbocycles. The molecule has 0 saturated heterocycles. The maximum absolute atomic E-state index is 12.7. The SMILES string of the molecule is CC(C)(O)c1cc(Br)c(O)cc1C(F)(F)F. The van der Waals surface area contributed by atoms with Gasteiger partial charge in [0.1, 0.15) is 5.75 Å².